The van der Waals surface area contributed by atoms with Crippen molar-refractivity contribution < 1.29 is 0 Å². The van der Waals surface area contributed by atoms with Gasteiger partial charge in [-0.3, -0.25) is 4.79 Å². The fourth-order valence-electron chi connectivity index (χ4n) is 1.31. The van der Waals surface area contributed by atoms with Gasteiger partial charge in [0.25, 0.3) is 5.56 Å². The van der Waals surface area contributed by atoms with E-state index in [1.165, 1.54) is 6.33 Å². The van der Waals surface area contributed by atoms with Crippen LogP contribution >= 0.6 is 0 Å². The minimum absolute atomic E-state index is 0.0874. The first-order chi connectivity index (χ1) is 6.70. The van der Waals surface area contributed by atoms with E-state index in [0.717, 1.165) is 11.2 Å². The van der Waals surface area contributed by atoms with Crippen LogP contribution < -0.4 is 5.56 Å². The van der Waals surface area contributed by atoms with Gasteiger partial charge >= 0.3 is 0 Å². The molecule has 0 spiro atoms. The predicted octanol–water partition coefficient (Wildman–Crippen LogP) is 1.60. The summed E-state index contributed by atoms with van der Waals surface area (Å²) < 4.78 is 1.83. The minimum Gasteiger partial charge on any atom is -0.342 e. The van der Waals surface area contributed by atoms with Gasteiger partial charge in [-0.25, -0.2) is 4.98 Å². The van der Waals surface area contributed by atoms with Gasteiger partial charge in [0.05, 0.1) is 11.8 Å². The third-order valence-corrected chi connectivity index (χ3v) is 2.07. The summed E-state index contributed by atoms with van der Waals surface area (Å²) in [6.07, 6.45) is 1.42. The molecule has 0 fully saturated rings. The van der Waals surface area contributed by atoms with Gasteiger partial charge in [-0.05, 0) is 13.0 Å². The van der Waals surface area contributed by atoms with Crippen molar-refractivity contribution in [2.45, 2.75) is 20.8 Å². The molecule has 0 amide bonds. The molecule has 0 bridgehead atoms. The summed E-state index contributed by atoms with van der Waals surface area (Å²) in [5.74, 6) is 0. The summed E-state index contributed by atoms with van der Waals surface area (Å²) in [5, 5.41) is 0. The average molecular weight is 193 g/mol. The van der Waals surface area contributed by atoms with Crippen molar-refractivity contribution in [3.05, 3.63) is 28.4 Å². The topological polar surface area (TPSA) is 50.7 Å². The van der Waals surface area contributed by atoms with Gasteiger partial charge in [-0.2, -0.15) is 0 Å². The molecule has 2 heterocycles. The van der Waals surface area contributed by atoms with E-state index in [-0.39, 0.29) is 5.56 Å². The van der Waals surface area contributed by atoms with Crippen molar-refractivity contribution >= 4 is 11.0 Å². The van der Waals surface area contributed by atoms with Gasteiger partial charge in [0, 0.05) is 12.7 Å². The summed E-state index contributed by atoms with van der Waals surface area (Å²) in [7, 11) is 1.86. The highest BCUT2D eigenvalue weighted by Gasteiger charge is 2.05. The Morgan fingerprint density at radius 3 is 2.64 bits per heavy atom. The maximum Gasteiger partial charge on any atom is 0.275 e. The Bertz CT molecular complexity index is 482. The number of fused-ring (bicyclic) bond motifs is 1. The number of H-pyrrole nitrogens is 1. The maximum absolute atomic E-state index is 11.3. The van der Waals surface area contributed by atoms with Gasteiger partial charge < -0.3 is 9.55 Å². The first-order valence-electron chi connectivity index (χ1n) is 4.70. The van der Waals surface area contributed by atoms with Gasteiger partial charge in [0.1, 0.15) is 5.52 Å². The highest BCUT2D eigenvalue weighted by molar-refractivity contribution is 5.75. The van der Waals surface area contributed by atoms with Crippen LogP contribution in [0.2, 0.25) is 0 Å². The van der Waals surface area contributed by atoms with Crippen molar-refractivity contribution in [1.82, 2.24) is 14.5 Å². The quantitative estimate of drug-likeness (QED) is 0.690. The lowest BCUT2D eigenvalue weighted by atomic mass is 10.4. The summed E-state index contributed by atoms with van der Waals surface area (Å²) >= 11 is 0. The predicted molar refractivity (Wildman–Crippen MR) is 57.4 cm³/mol. The minimum atomic E-state index is -0.0874. The molecule has 0 saturated heterocycles. The fraction of sp³-hybridized carbons (Fsp3) is 0.400. The second-order valence-corrected chi connectivity index (χ2v) is 2.81. The molecule has 2 aromatic heterocycles. The van der Waals surface area contributed by atoms with E-state index in [0.29, 0.717) is 5.52 Å². The Morgan fingerprint density at radius 1 is 1.43 bits per heavy atom. The van der Waals surface area contributed by atoms with Crippen LogP contribution in [-0.2, 0) is 7.05 Å². The van der Waals surface area contributed by atoms with E-state index in [9.17, 15) is 4.79 Å². The molecule has 2 aromatic rings. The number of hydrogen-bond donors (Lipinski definition) is 1. The largest absolute Gasteiger partial charge is 0.342 e. The highest BCUT2D eigenvalue weighted by atomic mass is 16.1. The van der Waals surface area contributed by atoms with Crippen LogP contribution in [0.1, 0.15) is 19.5 Å². The SMILES string of the molecule is CC.Cc1cc2nc[nH]c(=O)c2n1C. The average Bonchev–Trinajstić information content (AvgIpc) is 2.47. The molecule has 1 N–H and O–H groups in total. The molecule has 76 valence electrons. The van der Waals surface area contributed by atoms with Gasteiger partial charge in [0.15, 0.2) is 0 Å². The highest BCUT2D eigenvalue weighted by Crippen LogP contribution is 2.10. The van der Waals surface area contributed by atoms with Crippen molar-refractivity contribution in [3.63, 3.8) is 0 Å². The molecular formula is C10H15N3O. The van der Waals surface area contributed by atoms with E-state index in [2.05, 4.69) is 9.97 Å². The third kappa shape index (κ3) is 1.55. The van der Waals surface area contributed by atoms with E-state index < -0.39 is 0 Å². The number of aryl methyl sites for hydroxylation is 2. The lowest BCUT2D eigenvalue weighted by molar-refractivity contribution is 0.908. The second kappa shape index (κ2) is 4.09. The first-order valence-corrected chi connectivity index (χ1v) is 4.70. The monoisotopic (exact) mass is 193 g/mol. The molecule has 0 aromatic carbocycles. The molecule has 4 nitrogen and oxygen atoms in total. The molecule has 0 saturated carbocycles. The summed E-state index contributed by atoms with van der Waals surface area (Å²) in [5.41, 5.74) is 2.33. The number of nitrogens with zero attached hydrogens (tertiary/aromatic N) is 2. The van der Waals surface area contributed by atoms with E-state index in [1.807, 2.05) is 38.5 Å². The molecule has 0 aliphatic heterocycles. The normalized spacial score (nSPS) is 9.71. The Morgan fingerprint density at radius 2 is 2.07 bits per heavy atom. The zero-order valence-electron chi connectivity index (χ0n) is 8.96. The lowest BCUT2D eigenvalue weighted by Gasteiger charge is -1.95. The zero-order chi connectivity index (χ0) is 10.7. The first kappa shape index (κ1) is 10.5. The molecule has 0 radical (unpaired) electrons. The third-order valence-electron chi connectivity index (χ3n) is 2.07. The van der Waals surface area contributed by atoms with Crippen LogP contribution in [0.5, 0.6) is 0 Å². The number of hydrogen-bond acceptors (Lipinski definition) is 2. The van der Waals surface area contributed by atoms with Crippen LogP contribution in [0.4, 0.5) is 0 Å². The molecule has 0 unspecified atom stereocenters. The summed E-state index contributed by atoms with van der Waals surface area (Å²) in [6, 6.07) is 1.89. The standard InChI is InChI=1S/C8H9N3O.C2H6/c1-5-3-6-7(11(5)2)8(12)10-4-9-6;1-2/h3-4H,1-2H3,(H,9,10,12);1-2H3. The Hall–Kier alpha value is -1.58. The smallest absolute Gasteiger partial charge is 0.275 e. The summed E-state index contributed by atoms with van der Waals surface area (Å²) in [6.45, 7) is 5.95. The van der Waals surface area contributed by atoms with E-state index in [1.54, 1.807) is 0 Å². The van der Waals surface area contributed by atoms with Crippen LogP contribution in [-0.4, -0.2) is 14.5 Å². The Balaban J connectivity index is 0.000000461. The second-order valence-electron chi connectivity index (χ2n) is 2.81. The Kier molecular flexibility index (Phi) is 3.06. The van der Waals surface area contributed by atoms with Crippen molar-refractivity contribution in [1.29, 1.82) is 0 Å². The molecular weight excluding hydrogens is 178 g/mol. The van der Waals surface area contributed by atoms with Crippen molar-refractivity contribution in [2.24, 2.45) is 7.05 Å². The van der Waals surface area contributed by atoms with Crippen molar-refractivity contribution in [3.8, 4) is 0 Å². The number of aromatic nitrogens is 3. The number of rotatable bonds is 0. The van der Waals surface area contributed by atoms with Crippen molar-refractivity contribution in [2.75, 3.05) is 0 Å². The molecule has 2 rings (SSSR count). The van der Waals surface area contributed by atoms with Gasteiger partial charge in [0.2, 0.25) is 0 Å². The van der Waals surface area contributed by atoms with Crippen LogP contribution in [0.15, 0.2) is 17.2 Å². The number of aromatic amines is 1. The molecule has 0 aliphatic rings. The number of nitrogens with one attached hydrogen (secondary N) is 1. The zero-order valence-corrected chi connectivity index (χ0v) is 8.96. The molecule has 0 aliphatic carbocycles. The lowest BCUT2D eigenvalue weighted by Crippen LogP contribution is -2.09. The summed E-state index contributed by atoms with van der Waals surface area (Å²) in [4.78, 5) is 17.9. The molecule has 14 heavy (non-hydrogen) atoms. The van der Waals surface area contributed by atoms with Crippen LogP contribution in [0, 0.1) is 6.92 Å². The van der Waals surface area contributed by atoms with Gasteiger partial charge in [-0.1, -0.05) is 13.8 Å². The Labute approximate surface area is 82.6 Å². The van der Waals surface area contributed by atoms with Gasteiger partial charge in [-0.15, -0.1) is 0 Å². The van der Waals surface area contributed by atoms with Crippen LogP contribution in [0.3, 0.4) is 0 Å². The van der Waals surface area contributed by atoms with Crippen LogP contribution in [0.25, 0.3) is 11.0 Å². The molecule has 0 atom stereocenters. The molecule has 4 heteroatoms. The van der Waals surface area contributed by atoms with E-state index in [4.69, 9.17) is 0 Å². The fourth-order valence-corrected chi connectivity index (χ4v) is 1.31. The van der Waals surface area contributed by atoms with E-state index >= 15 is 0 Å². The maximum atomic E-state index is 11.3.